The number of benzene rings is 1. The van der Waals surface area contributed by atoms with Crippen molar-refractivity contribution in [1.82, 2.24) is 15.3 Å². The molecule has 4 rings (SSSR count). The van der Waals surface area contributed by atoms with Crippen molar-refractivity contribution in [3.8, 4) is 5.88 Å². The number of amides is 1. The number of aromatic nitrogens is 2. The normalized spacial score (nSPS) is 14.6. The van der Waals surface area contributed by atoms with Gasteiger partial charge in [0.1, 0.15) is 0 Å². The number of piperidine rings is 1. The van der Waals surface area contributed by atoms with Gasteiger partial charge in [-0.2, -0.15) is 4.98 Å². The molecule has 1 aromatic carbocycles. The number of pyridine rings is 1. The lowest BCUT2D eigenvalue weighted by Gasteiger charge is -2.32. The maximum atomic E-state index is 12.5. The predicted molar refractivity (Wildman–Crippen MR) is 113 cm³/mol. The Morgan fingerprint density at radius 1 is 1.30 bits per heavy atom. The van der Waals surface area contributed by atoms with Gasteiger partial charge in [-0.25, -0.2) is 0 Å². The Labute approximate surface area is 173 Å². The minimum absolute atomic E-state index is 0.0244. The van der Waals surface area contributed by atoms with Gasteiger partial charge in [-0.15, -0.1) is 0 Å². The summed E-state index contributed by atoms with van der Waals surface area (Å²) >= 11 is 0. The predicted octanol–water partition coefficient (Wildman–Crippen LogP) is 2.81. The largest absolute Gasteiger partial charge is 0.481 e. The van der Waals surface area contributed by atoms with Crippen molar-refractivity contribution in [3.63, 3.8) is 0 Å². The fourth-order valence-electron chi connectivity index (χ4n) is 3.88. The molecular weight excluding hydrogens is 386 g/mol. The SMILES string of the molecule is COc1ccc([N+](=O)[O-])c(N2CCC(NC(=O)Cc3c[nH]c4ccccc34)CC2)n1. The zero-order chi connectivity index (χ0) is 21.1. The number of nitrogens with one attached hydrogen (secondary N) is 2. The Morgan fingerprint density at radius 2 is 2.07 bits per heavy atom. The maximum Gasteiger partial charge on any atom is 0.311 e. The molecule has 1 amide bonds. The van der Waals surface area contributed by atoms with Gasteiger partial charge >= 0.3 is 5.69 Å². The highest BCUT2D eigenvalue weighted by molar-refractivity contribution is 5.88. The molecule has 2 aromatic heterocycles. The Hall–Kier alpha value is -3.62. The topological polar surface area (TPSA) is 113 Å². The third-order valence-corrected chi connectivity index (χ3v) is 5.42. The summed E-state index contributed by atoms with van der Waals surface area (Å²) in [6, 6.07) is 10.8. The minimum atomic E-state index is -0.434. The molecular formula is C21H23N5O4. The second-order valence-corrected chi connectivity index (χ2v) is 7.32. The molecule has 0 saturated carbocycles. The second-order valence-electron chi connectivity index (χ2n) is 7.32. The van der Waals surface area contributed by atoms with E-state index in [0.717, 1.165) is 16.5 Å². The molecule has 3 aromatic rings. The molecule has 0 unspecified atom stereocenters. The number of nitro groups is 1. The molecule has 156 valence electrons. The van der Waals surface area contributed by atoms with Gasteiger partial charge in [0.05, 0.1) is 18.5 Å². The standard InChI is InChI=1S/C21H23N5O4/c1-30-20-7-6-18(26(28)29)21(24-20)25-10-8-15(9-11-25)23-19(27)12-14-13-22-17-5-3-2-4-16(14)17/h2-7,13,15,22H,8-12H2,1H3,(H,23,27). The first-order chi connectivity index (χ1) is 14.5. The molecule has 0 bridgehead atoms. The van der Waals surface area contributed by atoms with Gasteiger partial charge in [0.15, 0.2) is 0 Å². The van der Waals surface area contributed by atoms with Gasteiger partial charge in [0, 0.05) is 48.4 Å². The van der Waals surface area contributed by atoms with Crippen molar-refractivity contribution in [3.05, 3.63) is 58.3 Å². The van der Waals surface area contributed by atoms with Crippen LogP contribution in [0.3, 0.4) is 0 Å². The van der Waals surface area contributed by atoms with E-state index >= 15 is 0 Å². The lowest BCUT2D eigenvalue weighted by atomic mass is 10.0. The van der Waals surface area contributed by atoms with Crippen LogP contribution >= 0.6 is 0 Å². The van der Waals surface area contributed by atoms with Crippen molar-refractivity contribution in [2.45, 2.75) is 25.3 Å². The third-order valence-electron chi connectivity index (χ3n) is 5.42. The zero-order valence-corrected chi connectivity index (χ0v) is 16.6. The number of carbonyl (C=O) groups is 1. The molecule has 9 heteroatoms. The van der Waals surface area contributed by atoms with Crippen LogP contribution in [-0.4, -0.2) is 47.0 Å². The lowest BCUT2D eigenvalue weighted by molar-refractivity contribution is -0.384. The average Bonchev–Trinajstić information content (AvgIpc) is 3.16. The van der Waals surface area contributed by atoms with Gasteiger partial charge in [-0.3, -0.25) is 14.9 Å². The second kappa shape index (κ2) is 8.40. The van der Waals surface area contributed by atoms with Crippen LogP contribution in [0.2, 0.25) is 0 Å². The number of para-hydroxylation sites is 1. The number of rotatable bonds is 6. The van der Waals surface area contributed by atoms with Crippen LogP contribution in [0.25, 0.3) is 10.9 Å². The number of hydrogen-bond acceptors (Lipinski definition) is 6. The molecule has 0 spiro atoms. The summed E-state index contributed by atoms with van der Waals surface area (Å²) < 4.78 is 5.11. The number of anilines is 1. The molecule has 1 saturated heterocycles. The molecule has 9 nitrogen and oxygen atoms in total. The van der Waals surface area contributed by atoms with Gasteiger partial charge in [0.2, 0.25) is 17.6 Å². The van der Waals surface area contributed by atoms with Crippen LogP contribution in [0.1, 0.15) is 18.4 Å². The number of ether oxygens (including phenoxy) is 1. The number of nitrogens with zero attached hydrogens (tertiary/aromatic N) is 3. The number of fused-ring (bicyclic) bond motifs is 1. The molecule has 0 atom stereocenters. The molecule has 1 aliphatic rings. The summed E-state index contributed by atoms with van der Waals surface area (Å²) in [4.78, 5) is 32.8. The molecule has 3 heterocycles. The monoisotopic (exact) mass is 409 g/mol. The first kappa shape index (κ1) is 19.7. The summed E-state index contributed by atoms with van der Waals surface area (Å²) in [6.07, 6.45) is 3.57. The number of aromatic amines is 1. The Morgan fingerprint density at radius 3 is 2.80 bits per heavy atom. The Bertz CT molecular complexity index is 1070. The molecule has 2 N–H and O–H groups in total. The van der Waals surface area contributed by atoms with Crippen LogP contribution in [0.15, 0.2) is 42.6 Å². The van der Waals surface area contributed by atoms with Gasteiger partial charge < -0.3 is 19.9 Å². The summed E-state index contributed by atoms with van der Waals surface area (Å²) in [7, 11) is 1.48. The smallest absolute Gasteiger partial charge is 0.311 e. The van der Waals surface area contributed by atoms with E-state index in [1.807, 2.05) is 35.4 Å². The van der Waals surface area contributed by atoms with E-state index in [1.165, 1.54) is 19.2 Å². The number of carbonyl (C=O) groups excluding carboxylic acids is 1. The number of H-pyrrole nitrogens is 1. The van der Waals surface area contributed by atoms with Gasteiger partial charge in [-0.1, -0.05) is 18.2 Å². The molecule has 0 radical (unpaired) electrons. The highest BCUT2D eigenvalue weighted by Crippen LogP contribution is 2.30. The van der Waals surface area contributed by atoms with E-state index in [2.05, 4.69) is 15.3 Å². The molecule has 0 aliphatic carbocycles. The summed E-state index contributed by atoms with van der Waals surface area (Å²) in [6.45, 7) is 1.14. The zero-order valence-electron chi connectivity index (χ0n) is 16.6. The number of methoxy groups -OCH3 is 1. The van der Waals surface area contributed by atoms with E-state index in [1.54, 1.807) is 0 Å². The Kier molecular flexibility index (Phi) is 5.51. The van der Waals surface area contributed by atoms with Crippen LogP contribution in [0.5, 0.6) is 5.88 Å². The molecule has 1 fully saturated rings. The first-order valence-corrected chi connectivity index (χ1v) is 9.84. The lowest BCUT2D eigenvalue weighted by Crippen LogP contribution is -2.45. The van der Waals surface area contributed by atoms with E-state index < -0.39 is 4.92 Å². The Balaban J connectivity index is 1.37. The highest BCUT2D eigenvalue weighted by Gasteiger charge is 2.27. The minimum Gasteiger partial charge on any atom is -0.481 e. The van der Waals surface area contributed by atoms with Gasteiger partial charge in [-0.05, 0) is 24.5 Å². The van der Waals surface area contributed by atoms with Crippen molar-refractivity contribution in [2.75, 3.05) is 25.1 Å². The summed E-state index contributed by atoms with van der Waals surface area (Å²) in [5, 5.41) is 15.5. The maximum absolute atomic E-state index is 12.5. The van der Waals surface area contributed by atoms with Crippen LogP contribution in [-0.2, 0) is 11.2 Å². The van der Waals surface area contributed by atoms with Crippen molar-refractivity contribution >= 4 is 28.3 Å². The van der Waals surface area contributed by atoms with Crippen LogP contribution < -0.4 is 15.0 Å². The summed E-state index contributed by atoms with van der Waals surface area (Å²) in [5.74, 6) is 0.622. The van der Waals surface area contributed by atoms with Crippen molar-refractivity contribution in [1.29, 1.82) is 0 Å². The van der Waals surface area contributed by atoms with Crippen LogP contribution in [0, 0.1) is 10.1 Å². The van der Waals surface area contributed by atoms with E-state index in [-0.39, 0.29) is 17.6 Å². The van der Waals surface area contributed by atoms with E-state index in [9.17, 15) is 14.9 Å². The fraction of sp³-hybridized carbons (Fsp3) is 0.333. The first-order valence-electron chi connectivity index (χ1n) is 9.84. The van der Waals surface area contributed by atoms with Crippen molar-refractivity contribution < 1.29 is 14.5 Å². The number of hydrogen-bond donors (Lipinski definition) is 2. The van der Waals surface area contributed by atoms with Gasteiger partial charge in [0.25, 0.3) is 0 Å². The third kappa shape index (κ3) is 4.05. The summed E-state index contributed by atoms with van der Waals surface area (Å²) in [5.41, 5.74) is 1.94. The fourth-order valence-corrected chi connectivity index (χ4v) is 3.88. The highest BCUT2D eigenvalue weighted by atomic mass is 16.6. The van der Waals surface area contributed by atoms with E-state index in [0.29, 0.717) is 44.0 Å². The van der Waals surface area contributed by atoms with Crippen molar-refractivity contribution in [2.24, 2.45) is 0 Å². The molecule has 1 aliphatic heterocycles. The van der Waals surface area contributed by atoms with Crippen LogP contribution in [0.4, 0.5) is 11.5 Å². The van der Waals surface area contributed by atoms with E-state index in [4.69, 9.17) is 4.74 Å². The quantitative estimate of drug-likeness (QED) is 0.478. The average molecular weight is 409 g/mol. The molecule has 30 heavy (non-hydrogen) atoms.